The molecule has 0 heterocycles. The molecule has 1 fully saturated rings. The van der Waals surface area contributed by atoms with Gasteiger partial charge in [-0.15, -0.1) is 0 Å². The molecule has 0 aromatic heterocycles. The Morgan fingerprint density at radius 3 is 2.42 bits per heavy atom. The standard InChI is InChI=1S/C10H15NO/c1-10(9(7-11)8-12)5-3-2-4-6-10/h8-9H,2-6H2,1H3. The third kappa shape index (κ3) is 1.66. The van der Waals surface area contributed by atoms with Crippen molar-refractivity contribution >= 4 is 6.29 Å². The Morgan fingerprint density at radius 1 is 1.42 bits per heavy atom. The lowest BCUT2D eigenvalue weighted by Crippen LogP contribution is -2.29. The maximum atomic E-state index is 10.6. The van der Waals surface area contributed by atoms with E-state index in [1.165, 1.54) is 19.3 Å². The number of aldehydes is 1. The van der Waals surface area contributed by atoms with Crippen molar-refractivity contribution in [3.05, 3.63) is 0 Å². The highest BCUT2D eigenvalue weighted by molar-refractivity contribution is 5.59. The fraction of sp³-hybridized carbons (Fsp3) is 0.800. The molecule has 1 unspecified atom stereocenters. The summed E-state index contributed by atoms with van der Waals surface area (Å²) in [5, 5.41) is 8.76. The molecule has 0 aromatic carbocycles. The van der Waals surface area contributed by atoms with Gasteiger partial charge in [0.05, 0.1) is 6.07 Å². The van der Waals surface area contributed by atoms with Crippen molar-refractivity contribution in [1.82, 2.24) is 0 Å². The van der Waals surface area contributed by atoms with E-state index in [1.807, 2.05) is 0 Å². The van der Waals surface area contributed by atoms with Crippen LogP contribution in [0, 0.1) is 22.7 Å². The average molecular weight is 165 g/mol. The summed E-state index contributed by atoms with van der Waals surface area (Å²) in [6, 6.07) is 2.09. The Morgan fingerprint density at radius 2 is 2.00 bits per heavy atom. The van der Waals surface area contributed by atoms with E-state index in [1.54, 1.807) is 0 Å². The number of carbonyl (C=O) groups excluding carboxylic acids is 1. The van der Waals surface area contributed by atoms with Gasteiger partial charge in [0.25, 0.3) is 0 Å². The first-order chi connectivity index (χ1) is 5.73. The Balaban J connectivity index is 2.68. The summed E-state index contributed by atoms with van der Waals surface area (Å²) in [5.41, 5.74) is -0.0330. The molecule has 0 aromatic rings. The molecule has 66 valence electrons. The largest absolute Gasteiger partial charge is 0.302 e. The summed E-state index contributed by atoms with van der Waals surface area (Å²) < 4.78 is 0. The molecule has 0 aliphatic heterocycles. The van der Waals surface area contributed by atoms with Gasteiger partial charge in [-0.1, -0.05) is 26.2 Å². The van der Waals surface area contributed by atoms with Crippen molar-refractivity contribution in [2.24, 2.45) is 11.3 Å². The number of rotatable bonds is 2. The van der Waals surface area contributed by atoms with E-state index in [0.29, 0.717) is 0 Å². The van der Waals surface area contributed by atoms with Crippen molar-refractivity contribution in [3.63, 3.8) is 0 Å². The van der Waals surface area contributed by atoms with Crippen LogP contribution < -0.4 is 0 Å². The summed E-state index contributed by atoms with van der Waals surface area (Å²) in [4.78, 5) is 10.6. The molecule has 2 nitrogen and oxygen atoms in total. The molecule has 12 heavy (non-hydrogen) atoms. The smallest absolute Gasteiger partial charge is 0.137 e. The predicted octanol–water partition coefficient (Wildman–Crippen LogP) is 2.30. The van der Waals surface area contributed by atoms with Crippen molar-refractivity contribution in [2.75, 3.05) is 0 Å². The second-order valence-corrected chi connectivity index (χ2v) is 3.96. The Kier molecular flexibility index (Phi) is 2.86. The zero-order valence-electron chi connectivity index (χ0n) is 7.55. The molecule has 2 heteroatoms. The number of carbonyl (C=O) groups is 1. The van der Waals surface area contributed by atoms with Crippen LogP contribution in [0.15, 0.2) is 0 Å². The van der Waals surface area contributed by atoms with Crippen LogP contribution in [-0.2, 0) is 4.79 Å². The van der Waals surface area contributed by atoms with Crippen LogP contribution in [-0.4, -0.2) is 6.29 Å². The highest BCUT2D eigenvalue weighted by atomic mass is 16.1. The molecule has 1 aliphatic carbocycles. The number of hydrogen-bond acceptors (Lipinski definition) is 2. The normalized spacial score (nSPS) is 24.0. The van der Waals surface area contributed by atoms with Crippen LogP contribution in [0.1, 0.15) is 39.0 Å². The van der Waals surface area contributed by atoms with Crippen molar-refractivity contribution < 1.29 is 4.79 Å². The van der Waals surface area contributed by atoms with Gasteiger partial charge in [0.2, 0.25) is 0 Å². The first-order valence-electron chi connectivity index (χ1n) is 4.58. The fourth-order valence-electron chi connectivity index (χ4n) is 2.02. The van der Waals surface area contributed by atoms with Gasteiger partial charge in [-0.05, 0) is 18.3 Å². The minimum absolute atomic E-state index is 0.0330. The summed E-state index contributed by atoms with van der Waals surface area (Å²) in [5.74, 6) is -0.391. The molecule has 1 aliphatic rings. The SMILES string of the molecule is CC1(C(C#N)C=O)CCCCC1. The molecule has 0 N–H and O–H groups in total. The van der Waals surface area contributed by atoms with Gasteiger partial charge in [-0.3, -0.25) is 0 Å². The highest BCUT2D eigenvalue weighted by Crippen LogP contribution is 2.41. The summed E-state index contributed by atoms with van der Waals surface area (Å²) >= 11 is 0. The molecular formula is C10H15NO. The van der Waals surface area contributed by atoms with Gasteiger partial charge in [-0.2, -0.15) is 5.26 Å². The van der Waals surface area contributed by atoms with Gasteiger partial charge in [0.1, 0.15) is 12.2 Å². The lowest BCUT2D eigenvalue weighted by molar-refractivity contribution is -0.113. The first-order valence-corrected chi connectivity index (χ1v) is 4.58. The monoisotopic (exact) mass is 165 g/mol. The van der Waals surface area contributed by atoms with Crippen molar-refractivity contribution in [3.8, 4) is 6.07 Å². The lowest BCUT2D eigenvalue weighted by Gasteiger charge is -2.34. The molecule has 1 atom stereocenters. The van der Waals surface area contributed by atoms with Gasteiger partial charge >= 0.3 is 0 Å². The van der Waals surface area contributed by atoms with Crippen LogP contribution in [0.4, 0.5) is 0 Å². The molecular weight excluding hydrogens is 150 g/mol. The third-order valence-electron chi connectivity index (χ3n) is 3.02. The third-order valence-corrected chi connectivity index (χ3v) is 3.02. The predicted molar refractivity (Wildman–Crippen MR) is 46.4 cm³/mol. The topological polar surface area (TPSA) is 40.9 Å². The van der Waals surface area contributed by atoms with Gasteiger partial charge in [0, 0.05) is 0 Å². The van der Waals surface area contributed by atoms with Crippen LogP contribution >= 0.6 is 0 Å². The van der Waals surface area contributed by atoms with E-state index in [0.717, 1.165) is 19.1 Å². The molecule has 0 spiro atoms. The summed E-state index contributed by atoms with van der Waals surface area (Å²) in [6.07, 6.45) is 6.47. The van der Waals surface area contributed by atoms with E-state index in [9.17, 15) is 4.79 Å². The van der Waals surface area contributed by atoms with Crippen molar-refractivity contribution in [2.45, 2.75) is 39.0 Å². The second kappa shape index (κ2) is 3.71. The maximum Gasteiger partial charge on any atom is 0.137 e. The van der Waals surface area contributed by atoms with E-state index in [-0.39, 0.29) is 5.41 Å². The zero-order valence-corrected chi connectivity index (χ0v) is 7.55. The molecule has 0 bridgehead atoms. The van der Waals surface area contributed by atoms with E-state index >= 15 is 0 Å². The van der Waals surface area contributed by atoms with Gasteiger partial charge in [-0.25, -0.2) is 0 Å². The fourth-order valence-corrected chi connectivity index (χ4v) is 2.02. The minimum Gasteiger partial charge on any atom is -0.302 e. The maximum absolute atomic E-state index is 10.6. The van der Waals surface area contributed by atoms with Gasteiger partial charge < -0.3 is 4.79 Å². The van der Waals surface area contributed by atoms with E-state index in [4.69, 9.17) is 5.26 Å². The molecule has 1 rings (SSSR count). The highest BCUT2D eigenvalue weighted by Gasteiger charge is 2.35. The number of nitriles is 1. The quantitative estimate of drug-likeness (QED) is 0.589. The molecule has 0 saturated heterocycles. The van der Waals surface area contributed by atoms with E-state index < -0.39 is 5.92 Å². The summed E-state index contributed by atoms with van der Waals surface area (Å²) in [6.45, 7) is 2.06. The van der Waals surface area contributed by atoms with Gasteiger partial charge in [0.15, 0.2) is 0 Å². The Labute approximate surface area is 73.6 Å². The lowest BCUT2D eigenvalue weighted by atomic mass is 9.68. The summed E-state index contributed by atoms with van der Waals surface area (Å²) in [7, 11) is 0. The number of nitrogens with zero attached hydrogens (tertiary/aromatic N) is 1. The van der Waals surface area contributed by atoms with Crippen LogP contribution in [0.2, 0.25) is 0 Å². The minimum atomic E-state index is -0.391. The second-order valence-electron chi connectivity index (χ2n) is 3.96. The van der Waals surface area contributed by atoms with Crippen LogP contribution in [0.3, 0.4) is 0 Å². The Bertz CT molecular complexity index is 198. The molecule has 1 saturated carbocycles. The zero-order chi connectivity index (χ0) is 9.03. The Hall–Kier alpha value is -0.840. The van der Waals surface area contributed by atoms with Crippen molar-refractivity contribution in [1.29, 1.82) is 5.26 Å². The van der Waals surface area contributed by atoms with Crippen LogP contribution in [0.5, 0.6) is 0 Å². The first kappa shape index (κ1) is 9.25. The molecule has 0 amide bonds. The average Bonchev–Trinajstić information content (AvgIpc) is 2.07. The van der Waals surface area contributed by atoms with Crippen LogP contribution in [0.25, 0.3) is 0 Å². The molecule has 0 radical (unpaired) electrons. The van der Waals surface area contributed by atoms with E-state index in [2.05, 4.69) is 13.0 Å². The number of hydrogen-bond donors (Lipinski definition) is 0.